The van der Waals surface area contributed by atoms with Gasteiger partial charge in [-0.15, -0.1) is 0 Å². The Kier molecular flexibility index (Phi) is 0.569. The molecule has 3 aliphatic heterocycles. The fourth-order valence-electron chi connectivity index (χ4n) is 4.53. The summed E-state index contributed by atoms with van der Waals surface area (Å²) in [6.07, 6.45) is 3.42. The van der Waals surface area contributed by atoms with Crippen LogP contribution in [0.2, 0.25) is 0 Å². The van der Waals surface area contributed by atoms with Crippen molar-refractivity contribution in [3.8, 4) is 0 Å². The Morgan fingerprint density at radius 1 is 0.385 bits per heavy atom. The van der Waals surface area contributed by atoms with Gasteiger partial charge in [-0.2, -0.15) is 0 Å². The molecule has 0 amide bonds. The Morgan fingerprint density at radius 3 is 1.08 bits per heavy atom. The molecule has 0 aromatic rings. The minimum Gasteiger partial charge on any atom is -0.369 e. The van der Waals surface area contributed by atoms with Crippen LogP contribution in [0.3, 0.4) is 0 Å². The molecule has 6 atom stereocenters. The quantitative estimate of drug-likeness (QED) is 0.482. The Balaban J connectivity index is 1.66. The molecular formula is C10H10O3. The van der Waals surface area contributed by atoms with Gasteiger partial charge in [-0.25, -0.2) is 0 Å². The third kappa shape index (κ3) is 0.431. The summed E-state index contributed by atoms with van der Waals surface area (Å²) in [5.74, 6) is 3.08. The van der Waals surface area contributed by atoms with Crippen LogP contribution in [0.1, 0.15) is 0 Å². The standard InChI is InChI=1S/C10H10O3/c11-5-1-2-3(1)7-10(13-7)4(8(5)11)9-6(2)12-9/h1-10H/t1?,2?,3?,4?,5-,6-,7-,8+,9+,10+/m0/s1. The minimum absolute atomic E-state index is 0.521. The van der Waals surface area contributed by atoms with Crippen molar-refractivity contribution in [3.63, 3.8) is 0 Å². The van der Waals surface area contributed by atoms with Gasteiger partial charge in [0, 0.05) is 5.92 Å². The van der Waals surface area contributed by atoms with Crippen LogP contribution in [0, 0.1) is 23.7 Å². The number of hydrogen-bond donors (Lipinski definition) is 0. The van der Waals surface area contributed by atoms with Gasteiger partial charge in [0.05, 0.1) is 36.6 Å². The molecule has 4 bridgehead atoms. The Hall–Kier alpha value is -0.120. The molecule has 4 saturated carbocycles. The number of ether oxygens (including phenoxy) is 3. The molecule has 4 aliphatic carbocycles. The van der Waals surface area contributed by atoms with E-state index in [1.54, 1.807) is 0 Å². The average Bonchev–Trinajstić information content (AvgIpc) is 2.88. The zero-order valence-electron chi connectivity index (χ0n) is 7.00. The van der Waals surface area contributed by atoms with E-state index in [4.69, 9.17) is 14.2 Å². The van der Waals surface area contributed by atoms with Crippen LogP contribution in [-0.2, 0) is 14.2 Å². The lowest BCUT2D eigenvalue weighted by Gasteiger charge is -2.05. The molecule has 7 fully saturated rings. The molecule has 0 aromatic heterocycles. The first-order chi connectivity index (χ1) is 6.45. The van der Waals surface area contributed by atoms with E-state index in [0.29, 0.717) is 42.5 Å². The number of epoxide rings is 3. The van der Waals surface area contributed by atoms with Crippen molar-refractivity contribution in [1.29, 1.82) is 0 Å². The molecule has 3 heteroatoms. The smallest absolute Gasteiger partial charge is 0.0924 e. The summed E-state index contributed by atoms with van der Waals surface area (Å²) in [5.41, 5.74) is 0. The maximum absolute atomic E-state index is 5.78. The van der Waals surface area contributed by atoms with Gasteiger partial charge in [0.25, 0.3) is 0 Å². The van der Waals surface area contributed by atoms with Gasteiger partial charge in [-0.05, 0) is 17.8 Å². The van der Waals surface area contributed by atoms with Crippen molar-refractivity contribution >= 4 is 0 Å². The first-order valence-electron chi connectivity index (χ1n) is 5.41. The highest BCUT2D eigenvalue weighted by molar-refractivity contribution is 5.31. The Bertz CT molecular complexity index is 285. The van der Waals surface area contributed by atoms with Gasteiger partial charge >= 0.3 is 0 Å². The van der Waals surface area contributed by atoms with Crippen LogP contribution in [0.25, 0.3) is 0 Å². The van der Waals surface area contributed by atoms with E-state index in [2.05, 4.69) is 0 Å². The fraction of sp³-hybridized carbons (Fsp3) is 1.00. The van der Waals surface area contributed by atoms with Crippen molar-refractivity contribution in [1.82, 2.24) is 0 Å². The number of hydrogen-bond acceptors (Lipinski definition) is 3. The van der Waals surface area contributed by atoms with E-state index in [0.717, 1.165) is 17.8 Å². The normalized spacial score (nSPS) is 88.6. The molecule has 7 rings (SSSR count). The summed E-state index contributed by atoms with van der Waals surface area (Å²) < 4.78 is 17.3. The van der Waals surface area contributed by atoms with E-state index in [1.807, 2.05) is 0 Å². The maximum atomic E-state index is 5.78. The molecule has 3 heterocycles. The summed E-state index contributed by atoms with van der Waals surface area (Å²) in [7, 11) is 0. The summed E-state index contributed by atoms with van der Waals surface area (Å²) in [6, 6.07) is 0. The molecule has 0 aromatic carbocycles. The Morgan fingerprint density at radius 2 is 0.692 bits per heavy atom. The zero-order valence-corrected chi connectivity index (χ0v) is 7.00. The molecule has 0 unspecified atom stereocenters. The summed E-state index contributed by atoms with van der Waals surface area (Å²) >= 11 is 0. The van der Waals surface area contributed by atoms with Gasteiger partial charge < -0.3 is 14.2 Å². The second-order valence-corrected chi connectivity index (χ2v) is 5.51. The van der Waals surface area contributed by atoms with Gasteiger partial charge in [0.15, 0.2) is 0 Å². The average molecular weight is 178 g/mol. The van der Waals surface area contributed by atoms with Crippen molar-refractivity contribution in [2.45, 2.75) is 36.6 Å². The van der Waals surface area contributed by atoms with Crippen molar-refractivity contribution in [2.24, 2.45) is 23.7 Å². The molecule has 3 saturated heterocycles. The van der Waals surface area contributed by atoms with Crippen molar-refractivity contribution in [2.75, 3.05) is 0 Å². The zero-order chi connectivity index (χ0) is 7.89. The van der Waals surface area contributed by atoms with Crippen LogP contribution >= 0.6 is 0 Å². The van der Waals surface area contributed by atoms with Gasteiger partial charge in [0.1, 0.15) is 0 Å². The van der Waals surface area contributed by atoms with E-state index in [1.165, 1.54) is 0 Å². The van der Waals surface area contributed by atoms with Gasteiger partial charge in [0.2, 0.25) is 0 Å². The fourth-order valence-corrected chi connectivity index (χ4v) is 4.53. The molecule has 0 radical (unpaired) electrons. The molecular weight excluding hydrogens is 168 g/mol. The van der Waals surface area contributed by atoms with Crippen LogP contribution in [0.4, 0.5) is 0 Å². The highest BCUT2D eigenvalue weighted by Crippen LogP contribution is 2.75. The second kappa shape index (κ2) is 1.30. The Labute approximate surface area is 75.3 Å². The molecule has 68 valence electrons. The second-order valence-electron chi connectivity index (χ2n) is 5.51. The summed E-state index contributed by atoms with van der Waals surface area (Å²) in [5, 5.41) is 0. The summed E-state index contributed by atoms with van der Waals surface area (Å²) in [6.45, 7) is 0. The van der Waals surface area contributed by atoms with Crippen LogP contribution < -0.4 is 0 Å². The van der Waals surface area contributed by atoms with Crippen LogP contribution in [-0.4, -0.2) is 36.6 Å². The van der Waals surface area contributed by atoms with Gasteiger partial charge in [-0.3, -0.25) is 0 Å². The van der Waals surface area contributed by atoms with E-state index in [9.17, 15) is 0 Å². The largest absolute Gasteiger partial charge is 0.369 e. The summed E-state index contributed by atoms with van der Waals surface area (Å²) in [4.78, 5) is 0. The lowest BCUT2D eigenvalue weighted by Crippen LogP contribution is -2.23. The third-order valence-corrected chi connectivity index (χ3v) is 5.15. The molecule has 7 aliphatic rings. The molecule has 0 spiro atoms. The minimum atomic E-state index is 0.521. The SMILES string of the molecule is O1[C@@H]2C3[C@H]4O[C@H]4C4C(C4[C@@H]4O[C@H]34)[C@H]12. The maximum Gasteiger partial charge on any atom is 0.0924 e. The predicted molar refractivity (Wildman–Crippen MR) is 39.9 cm³/mol. The monoisotopic (exact) mass is 178 g/mol. The van der Waals surface area contributed by atoms with Gasteiger partial charge in [-0.1, -0.05) is 0 Å². The van der Waals surface area contributed by atoms with Crippen molar-refractivity contribution in [3.05, 3.63) is 0 Å². The molecule has 0 N–H and O–H groups in total. The first kappa shape index (κ1) is 5.69. The van der Waals surface area contributed by atoms with E-state index < -0.39 is 0 Å². The lowest BCUT2D eigenvalue weighted by molar-refractivity contribution is 0.214. The highest BCUT2D eigenvalue weighted by Gasteiger charge is 2.85. The van der Waals surface area contributed by atoms with Crippen LogP contribution in [0.5, 0.6) is 0 Å². The first-order valence-corrected chi connectivity index (χ1v) is 5.41. The highest BCUT2D eigenvalue weighted by atomic mass is 16.6. The number of rotatable bonds is 0. The predicted octanol–water partition coefficient (Wildman–Crippen LogP) is -0.206. The lowest BCUT2D eigenvalue weighted by atomic mass is 9.96. The molecule has 3 nitrogen and oxygen atoms in total. The van der Waals surface area contributed by atoms with Crippen molar-refractivity contribution < 1.29 is 14.2 Å². The molecule has 13 heavy (non-hydrogen) atoms. The van der Waals surface area contributed by atoms with E-state index >= 15 is 0 Å². The topological polar surface area (TPSA) is 37.6 Å². The third-order valence-electron chi connectivity index (χ3n) is 5.15. The van der Waals surface area contributed by atoms with E-state index in [-0.39, 0.29) is 0 Å². The van der Waals surface area contributed by atoms with Crippen LogP contribution in [0.15, 0.2) is 0 Å².